The molecule has 0 aliphatic heterocycles. The van der Waals surface area contributed by atoms with E-state index in [-0.39, 0.29) is 6.61 Å². The number of methoxy groups -OCH3 is 1. The van der Waals surface area contributed by atoms with Crippen molar-refractivity contribution in [3.05, 3.63) is 35.9 Å². The molecular formula is C13H17NO3. The molecule has 0 aliphatic rings. The number of benzene rings is 1. The van der Waals surface area contributed by atoms with Crippen LogP contribution in [0.3, 0.4) is 0 Å². The average Bonchev–Trinajstić information content (AvgIpc) is 2.27. The van der Waals surface area contributed by atoms with Crippen molar-refractivity contribution < 1.29 is 14.3 Å². The van der Waals surface area contributed by atoms with Crippen molar-refractivity contribution in [2.24, 2.45) is 5.73 Å². The van der Waals surface area contributed by atoms with Crippen molar-refractivity contribution in [2.75, 3.05) is 13.7 Å². The summed E-state index contributed by atoms with van der Waals surface area (Å²) >= 11 is 0. The number of ether oxygens (including phenoxy) is 2. The predicted octanol–water partition coefficient (Wildman–Crippen LogP) is 1.60. The summed E-state index contributed by atoms with van der Waals surface area (Å²) < 4.78 is 10.6. The van der Waals surface area contributed by atoms with Crippen LogP contribution in [0, 0.1) is 6.92 Å². The van der Waals surface area contributed by atoms with E-state index in [9.17, 15) is 4.79 Å². The molecule has 1 aromatic carbocycles. The highest BCUT2D eigenvalue weighted by atomic mass is 16.5. The Kier molecular flexibility index (Phi) is 4.57. The van der Waals surface area contributed by atoms with Crippen LogP contribution in [0.2, 0.25) is 0 Å². The van der Waals surface area contributed by atoms with Crippen LogP contribution < -0.4 is 15.2 Å². The smallest absolute Gasteiger partial charge is 0.255 e. The largest absolute Gasteiger partial charge is 0.493 e. The molecule has 0 saturated heterocycles. The minimum atomic E-state index is -0.516. The van der Waals surface area contributed by atoms with E-state index in [0.717, 1.165) is 11.1 Å². The number of carbonyl (C=O) groups is 1. The Morgan fingerprint density at radius 1 is 1.53 bits per heavy atom. The first-order chi connectivity index (χ1) is 8.08. The molecule has 0 aromatic heterocycles. The van der Waals surface area contributed by atoms with Crippen LogP contribution in [0.1, 0.15) is 11.1 Å². The maximum absolute atomic E-state index is 10.7. The van der Waals surface area contributed by atoms with Crippen molar-refractivity contribution in [3.8, 4) is 11.5 Å². The lowest BCUT2D eigenvalue weighted by Gasteiger charge is -2.14. The molecular weight excluding hydrogens is 218 g/mol. The van der Waals surface area contributed by atoms with Gasteiger partial charge in [0.15, 0.2) is 18.1 Å². The van der Waals surface area contributed by atoms with Crippen LogP contribution in [0.15, 0.2) is 24.8 Å². The van der Waals surface area contributed by atoms with Crippen molar-refractivity contribution in [1.29, 1.82) is 0 Å². The van der Waals surface area contributed by atoms with E-state index in [0.29, 0.717) is 17.9 Å². The SMILES string of the molecule is C=CCc1cc(C)cc(OC)c1OCC(N)=O. The van der Waals surface area contributed by atoms with Crippen molar-refractivity contribution >= 4 is 5.91 Å². The van der Waals surface area contributed by atoms with Gasteiger partial charge in [0, 0.05) is 5.56 Å². The lowest BCUT2D eigenvalue weighted by molar-refractivity contribution is -0.119. The van der Waals surface area contributed by atoms with Gasteiger partial charge in [0.05, 0.1) is 7.11 Å². The fourth-order valence-corrected chi connectivity index (χ4v) is 1.58. The summed E-state index contributed by atoms with van der Waals surface area (Å²) in [5.74, 6) is 0.636. The van der Waals surface area contributed by atoms with Gasteiger partial charge >= 0.3 is 0 Å². The molecule has 0 radical (unpaired) electrons. The van der Waals surface area contributed by atoms with Crippen LogP contribution in [-0.4, -0.2) is 19.6 Å². The number of carbonyl (C=O) groups excluding carboxylic acids is 1. The van der Waals surface area contributed by atoms with Crippen molar-refractivity contribution in [1.82, 2.24) is 0 Å². The minimum absolute atomic E-state index is 0.163. The zero-order valence-corrected chi connectivity index (χ0v) is 10.2. The number of rotatable bonds is 6. The summed E-state index contributed by atoms with van der Waals surface area (Å²) in [7, 11) is 1.56. The van der Waals surface area contributed by atoms with Gasteiger partial charge in [-0.05, 0) is 25.0 Å². The molecule has 4 heteroatoms. The van der Waals surface area contributed by atoms with Gasteiger partial charge in [-0.25, -0.2) is 0 Å². The van der Waals surface area contributed by atoms with Crippen LogP contribution in [0.5, 0.6) is 11.5 Å². The molecule has 0 bridgehead atoms. The second-order valence-electron chi connectivity index (χ2n) is 3.70. The molecule has 2 N–H and O–H groups in total. The average molecular weight is 235 g/mol. The van der Waals surface area contributed by atoms with E-state index >= 15 is 0 Å². The highest BCUT2D eigenvalue weighted by Crippen LogP contribution is 2.33. The van der Waals surface area contributed by atoms with Gasteiger partial charge in [-0.15, -0.1) is 6.58 Å². The van der Waals surface area contributed by atoms with Gasteiger partial charge in [-0.1, -0.05) is 12.1 Å². The highest BCUT2D eigenvalue weighted by molar-refractivity contribution is 5.75. The van der Waals surface area contributed by atoms with E-state index in [2.05, 4.69) is 6.58 Å². The fourth-order valence-electron chi connectivity index (χ4n) is 1.58. The van der Waals surface area contributed by atoms with E-state index in [1.807, 2.05) is 19.1 Å². The molecule has 0 saturated carbocycles. The van der Waals surface area contributed by atoms with Gasteiger partial charge in [-0.3, -0.25) is 4.79 Å². The monoisotopic (exact) mass is 235 g/mol. The molecule has 92 valence electrons. The normalized spacial score (nSPS) is 9.76. The summed E-state index contributed by atoms with van der Waals surface area (Å²) in [5.41, 5.74) is 7.05. The number of amides is 1. The zero-order chi connectivity index (χ0) is 12.8. The zero-order valence-electron chi connectivity index (χ0n) is 10.2. The Morgan fingerprint density at radius 3 is 2.76 bits per heavy atom. The Morgan fingerprint density at radius 2 is 2.24 bits per heavy atom. The molecule has 17 heavy (non-hydrogen) atoms. The molecule has 1 rings (SSSR count). The van der Waals surface area contributed by atoms with Gasteiger partial charge in [0.1, 0.15) is 0 Å². The maximum Gasteiger partial charge on any atom is 0.255 e. The number of allylic oxidation sites excluding steroid dienone is 1. The lowest BCUT2D eigenvalue weighted by atomic mass is 10.1. The molecule has 0 fully saturated rings. The van der Waals surface area contributed by atoms with Crippen LogP contribution in [0.4, 0.5) is 0 Å². The highest BCUT2D eigenvalue weighted by Gasteiger charge is 2.12. The maximum atomic E-state index is 10.7. The molecule has 1 aromatic rings. The second-order valence-corrected chi connectivity index (χ2v) is 3.70. The summed E-state index contributed by atoms with van der Waals surface area (Å²) in [4.78, 5) is 10.7. The first-order valence-electron chi connectivity index (χ1n) is 5.28. The van der Waals surface area contributed by atoms with Crippen LogP contribution >= 0.6 is 0 Å². The van der Waals surface area contributed by atoms with Crippen LogP contribution in [-0.2, 0) is 11.2 Å². The summed E-state index contributed by atoms with van der Waals surface area (Å²) in [6.45, 7) is 5.49. The van der Waals surface area contributed by atoms with Gasteiger partial charge in [0.25, 0.3) is 5.91 Å². The quantitative estimate of drug-likeness (QED) is 0.762. The molecule has 1 amide bonds. The summed E-state index contributed by atoms with van der Waals surface area (Å²) in [6, 6.07) is 3.82. The minimum Gasteiger partial charge on any atom is -0.493 e. The molecule has 0 spiro atoms. The lowest BCUT2D eigenvalue weighted by Crippen LogP contribution is -2.20. The second kappa shape index (κ2) is 5.94. The Hall–Kier alpha value is -1.97. The summed E-state index contributed by atoms with van der Waals surface area (Å²) in [6.07, 6.45) is 2.41. The number of primary amides is 1. The number of nitrogens with two attached hydrogens (primary N) is 1. The molecule has 0 unspecified atom stereocenters. The molecule has 4 nitrogen and oxygen atoms in total. The van der Waals surface area contributed by atoms with E-state index in [1.54, 1.807) is 13.2 Å². The third-order valence-electron chi connectivity index (χ3n) is 2.22. The molecule has 0 atom stereocenters. The number of aryl methyl sites for hydroxylation is 1. The Balaban J connectivity index is 3.11. The van der Waals surface area contributed by atoms with Crippen molar-refractivity contribution in [2.45, 2.75) is 13.3 Å². The van der Waals surface area contributed by atoms with Gasteiger partial charge in [0.2, 0.25) is 0 Å². The Bertz CT molecular complexity index is 427. The van der Waals surface area contributed by atoms with E-state index < -0.39 is 5.91 Å². The third-order valence-corrected chi connectivity index (χ3v) is 2.22. The predicted molar refractivity (Wildman–Crippen MR) is 66.3 cm³/mol. The first-order valence-corrected chi connectivity index (χ1v) is 5.28. The first kappa shape index (κ1) is 13.1. The summed E-state index contributed by atoms with van der Waals surface area (Å²) in [5, 5.41) is 0. The third kappa shape index (κ3) is 3.52. The van der Waals surface area contributed by atoms with Crippen molar-refractivity contribution in [3.63, 3.8) is 0 Å². The number of hydrogen-bond acceptors (Lipinski definition) is 3. The number of hydrogen-bond donors (Lipinski definition) is 1. The molecule has 0 aliphatic carbocycles. The van der Waals surface area contributed by atoms with Crippen LogP contribution in [0.25, 0.3) is 0 Å². The molecule has 0 heterocycles. The fraction of sp³-hybridized carbons (Fsp3) is 0.308. The topological polar surface area (TPSA) is 61.6 Å². The van der Waals surface area contributed by atoms with Gasteiger partial charge < -0.3 is 15.2 Å². The Labute approximate surface area is 101 Å². The van der Waals surface area contributed by atoms with E-state index in [4.69, 9.17) is 15.2 Å². The van der Waals surface area contributed by atoms with E-state index in [1.165, 1.54) is 0 Å². The standard InChI is InChI=1S/C13H17NO3/c1-4-5-10-6-9(2)7-11(16-3)13(10)17-8-12(14)15/h4,6-7H,1,5,8H2,2-3H3,(H2,14,15). The van der Waals surface area contributed by atoms with Gasteiger partial charge in [-0.2, -0.15) is 0 Å².